The Labute approximate surface area is 201 Å². The minimum Gasteiger partial charge on any atom is -0.496 e. The van der Waals surface area contributed by atoms with Crippen LogP contribution < -0.4 is 19.5 Å². The summed E-state index contributed by atoms with van der Waals surface area (Å²) in [7, 11) is -1.15. The van der Waals surface area contributed by atoms with Crippen LogP contribution in [0.1, 0.15) is 11.1 Å². The highest BCUT2D eigenvalue weighted by atomic mass is 32.2. The second-order valence-electron chi connectivity index (χ2n) is 7.43. The van der Waals surface area contributed by atoms with Crippen LogP contribution in [0.25, 0.3) is 11.0 Å². The molecule has 4 rings (SSSR count). The van der Waals surface area contributed by atoms with E-state index in [1.807, 2.05) is 0 Å². The number of methoxy groups -OCH3 is 2. The predicted molar refractivity (Wildman–Crippen MR) is 128 cm³/mol. The minimum absolute atomic E-state index is 0.00589. The van der Waals surface area contributed by atoms with E-state index in [1.165, 1.54) is 26.4 Å². The number of nitrogens with one attached hydrogen (secondary N) is 2. The van der Waals surface area contributed by atoms with Gasteiger partial charge in [0, 0.05) is 18.3 Å². The lowest BCUT2D eigenvalue weighted by Crippen LogP contribution is -2.19. The van der Waals surface area contributed by atoms with E-state index in [-0.39, 0.29) is 22.4 Å². The molecule has 0 aliphatic rings. The molecule has 0 saturated carbocycles. The maximum absolute atomic E-state index is 13.0. The summed E-state index contributed by atoms with van der Waals surface area (Å²) < 4.78 is 46.2. The van der Waals surface area contributed by atoms with Gasteiger partial charge in [-0.15, -0.1) is 0 Å². The van der Waals surface area contributed by atoms with Gasteiger partial charge < -0.3 is 19.3 Å². The zero-order valence-corrected chi connectivity index (χ0v) is 19.8. The summed E-state index contributed by atoms with van der Waals surface area (Å²) in [4.78, 5) is 11.3. The van der Waals surface area contributed by atoms with Gasteiger partial charge in [-0.3, -0.25) is 14.2 Å². The van der Waals surface area contributed by atoms with E-state index < -0.39 is 10.0 Å². The Morgan fingerprint density at radius 3 is 2.69 bits per heavy atom. The first-order valence-electron chi connectivity index (χ1n) is 10.4. The summed E-state index contributed by atoms with van der Waals surface area (Å²) in [6.45, 7) is 4.12. The van der Waals surface area contributed by atoms with Gasteiger partial charge in [-0.1, -0.05) is 23.9 Å². The molecule has 4 aromatic rings. The van der Waals surface area contributed by atoms with E-state index in [4.69, 9.17) is 14.0 Å². The maximum Gasteiger partial charge on any atom is 0.266 e. The smallest absolute Gasteiger partial charge is 0.266 e. The van der Waals surface area contributed by atoms with Crippen LogP contribution in [-0.2, 0) is 27.9 Å². The molecule has 0 atom stereocenters. The lowest BCUT2D eigenvalue weighted by Gasteiger charge is -2.11. The van der Waals surface area contributed by atoms with Crippen molar-refractivity contribution in [3.8, 4) is 11.5 Å². The number of para-hydroxylation sites is 1. The van der Waals surface area contributed by atoms with Gasteiger partial charge in [-0.25, -0.2) is 8.42 Å². The fourth-order valence-corrected chi connectivity index (χ4v) is 4.65. The molecular formula is C23H23N5O6S. The second-order valence-corrected chi connectivity index (χ2v) is 9.08. The Balaban J connectivity index is 1.59. The first-order chi connectivity index (χ1) is 16.8. The summed E-state index contributed by atoms with van der Waals surface area (Å²) in [5.41, 5.74) is 1.94. The topological polar surface area (TPSA) is 138 Å². The number of carbonyl (C=O) groups excluding carboxylic acids is 1. The van der Waals surface area contributed by atoms with Gasteiger partial charge in [0.1, 0.15) is 21.8 Å². The molecule has 2 aromatic heterocycles. The van der Waals surface area contributed by atoms with Crippen molar-refractivity contribution >= 4 is 32.7 Å². The van der Waals surface area contributed by atoms with Crippen LogP contribution in [-0.4, -0.2) is 43.5 Å². The molecule has 0 unspecified atom stereocenters. The molecule has 11 nitrogen and oxygen atoms in total. The lowest BCUT2D eigenvalue weighted by atomic mass is 10.1. The fraction of sp³-hybridized carbons (Fsp3) is 0.174. The number of carbonyl (C=O) groups is 1. The van der Waals surface area contributed by atoms with E-state index in [9.17, 15) is 13.2 Å². The number of hydrogen-bond donors (Lipinski definition) is 2. The quantitative estimate of drug-likeness (QED) is 0.319. The van der Waals surface area contributed by atoms with Crippen LogP contribution >= 0.6 is 0 Å². The van der Waals surface area contributed by atoms with Gasteiger partial charge in [0.2, 0.25) is 5.91 Å². The molecule has 1 amide bonds. The second kappa shape index (κ2) is 9.89. The standard InChI is InChI=1S/C23H23N5O6S/c1-4-21(29)24-11-16-12-25-28(14-16)13-15-9-18(33-3)22-19(10-15)34-26-23(22)27-35(30,31)20-8-6-5-7-17(20)32-2/h4-10,12,14H,1,11,13H2,2-3H3,(H,24,29)(H,26,27). The summed E-state index contributed by atoms with van der Waals surface area (Å²) >= 11 is 0. The largest absolute Gasteiger partial charge is 0.496 e. The predicted octanol–water partition coefficient (Wildman–Crippen LogP) is 2.69. The van der Waals surface area contributed by atoms with Crippen molar-refractivity contribution in [1.29, 1.82) is 0 Å². The van der Waals surface area contributed by atoms with Crippen LogP contribution in [0.15, 0.2) is 70.9 Å². The van der Waals surface area contributed by atoms with E-state index in [1.54, 1.807) is 47.4 Å². The minimum atomic E-state index is -4.02. The molecule has 2 N–H and O–H groups in total. The van der Waals surface area contributed by atoms with Crippen molar-refractivity contribution in [3.63, 3.8) is 0 Å². The Bertz CT molecular complexity index is 1490. The number of benzene rings is 2. The number of amides is 1. The van der Waals surface area contributed by atoms with Crippen LogP contribution in [0.2, 0.25) is 0 Å². The number of aromatic nitrogens is 3. The van der Waals surface area contributed by atoms with E-state index in [2.05, 4.69) is 26.9 Å². The average molecular weight is 498 g/mol. The summed E-state index contributed by atoms with van der Waals surface area (Å²) in [6.07, 6.45) is 4.65. The normalized spacial score (nSPS) is 11.3. The highest BCUT2D eigenvalue weighted by Crippen LogP contribution is 2.35. The number of fused-ring (bicyclic) bond motifs is 1. The molecule has 35 heavy (non-hydrogen) atoms. The molecule has 2 heterocycles. The zero-order valence-electron chi connectivity index (χ0n) is 19.0. The van der Waals surface area contributed by atoms with E-state index in [0.29, 0.717) is 29.8 Å². The third kappa shape index (κ3) is 5.11. The molecule has 0 radical (unpaired) electrons. The molecule has 0 fully saturated rings. The van der Waals surface area contributed by atoms with Gasteiger partial charge in [0.15, 0.2) is 11.4 Å². The van der Waals surface area contributed by atoms with Crippen molar-refractivity contribution in [3.05, 3.63) is 72.6 Å². The molecule has 0 aliphatic carbocycles. The molecule has 0 saturated heterocycles. The summed E-state index contributed by atoms with van der Waals surface area (Å²) in [5, 5.41) is 11.3. The number of nitrogens with zero attached hydrogens (tertiary/aromatic N) is 3. The average Bonchev–Trinajstić information content (AvgIpc) is 3.48. The molecule has 0 aliphatic heterocycles. The van der Waals surface area contributed by atoms with Gasteiger partial charge >= 0.3 is 0 Å². The molecule has 12 heteroatoms. The van der Waals surface area contributed by atoms with Crippen LogP contribution in [0, 0.1) is 0 Å². The monoisotopic (exact) mass is 497 g/mol. The zero-order chi connectivity index (χ0) is 25.0. The first kappa shape index (κ1) is 23.8. The Kier molecular flexibility index (Phi) is 6.73. The highest BCUT2D eigenvalue weighted by molar-refractivity contribution is 7.92. The number of hydrogen-bond acceptors (Lipinski definition) is 8. The third-order valence-corrected chi connectivity index (χ3v) is 6.47. The summed E-state index contributed by atoms with van der Waals surface area (Å²) in [5.74, 6) is 0.302. The van der Waals surface area contributed by atoms with E-state index in [0.717, 1.165) is 11.1 Å². The van der Waals surface area contributed by atoms with Crippen molar-refractivity contribution in [2.45, 2.75) is 18.0 Å². The Hall–Kier alpha value is -4.32. The molecule has 2 aromatic carbocycles. The Morgan fingerprint density at radius 1 is 1.17 bits per heavy atom. The fourth-order valence-electron chi connectivity index (χ4n) is 3.47. The van der Waals surface area contributed by atoms with Gasteiger partial charge in [-0.05, 0) is 35.9 Å². The molecule has 182 valence electrons. The molecule has 0 spiro atoms. The molecule has 0 bridgehead atoms. The number of ether oxygens (including phenoxy) is 2. The van der Waals surface area contributed by atoms with Crippen molar-refractivity contribution < 1.29 is 27.2 Å². The van der Waals surface area contributed by atoms with Gasteiger partial charge in [-0.2, -0.15) is 5.10 Å². The SMILES string of the molecule is C=CC(=O)NCc1cnn(Cc2cc(OC)c3c(NS(=O)(=O)c4ccccc4OC)noc3c2)c1. The van der Waals surface area contributed by atoms with Crippen molar-refractivity contribution in [2.24, 2.45) is 0 Å². The van der Waals surface area contributed by atoms with E-state index >= 15 is 0 Å². The Morgan fingerprint density at radius 2 is 1.94 bits per heavy atom. The number of anilines is 1. The highest BCUT2D eigenvalue weighted by Gasteiger charge is 2.24. The lowest BCUT2D eigenvalue weighted by molar-refractivity contribution is -0.116. The number of sulfonamides is 1. The van der Waals surface area contributed by atoms with Crippen molar-refractivity contribution in [1.82, 2.24) is 20.3 Å². The third-order valence-electron chi connectivity index (χ3n) is 5.09. The molecular weight excluding hydrogens is 474 g/mol. The van der Waals surface area contributed by atoms with Crippen molar-refractivity contribution in [2.75, 3.05) is 18.9 Å². The van der Waals surface area contributed by atoms with Gasteiger partial charge in [0.25, 0.3) is 10.0 Å². The van der Waals surface area contributed by atoms with Crippen LogP contribution in [0.5, 0.6) is 11.5 Å². The van der Waals surface area contributed by atoms with Gasteiger partial charge in [0.05, 0.1) is 27.0 Å². The first-order valence-corrected chi connectivity index (χ1v) is 11.9. The van der Waals surface area contributed by atoms with Crippen LogP contribution in [0.3, 0.4) is 0 Å². The maximum atomic E-state index is 13.0. The summed E-state index contributed by atoms with van der Waals surface area (Å²) in [6, 6.07) is 9.73. The van der Waals surface area contributed by atoms with Crippen LogP contribution in [0.4, 0.5) is 5.82 Å². The number of rotatable bonds is 10.